The predicted octanol–water partition coefficient (Wildman–Crippen LogP) is 1.26. The summed E-state index contributed by atoms with van der Waals surface area (Å²) >= 11 is 0. The lowest BCUT2D eigenvalue weighted by atomic mass is 9.94. The Labute approximate surface area is 133 Å². The summed E-state index contributed by atoms with van der Waals surface area (Å²) in [5.41, 5.74) is 9.30. The lowest BCUT2D eigenvalue weighted by Gasteiger charge is -2.14. The van der Waals surface area contributed by atoms with E-state index in [1.807, 2.05) is 0 Å². The monoisotopic (exact) mass is 333 g/mol. The van der Waals surface area contributed by atoms with Crippen molar-refractivity contribution in [3.8, 4) is 11.4 Å². The molecule has 0 saturated carbocycles. The molecule has 0 atom stereocenters. The van der Waals surface area contributed by atoms with E-state index in [0.29, 0.717) is 19.5 Å². The van der Waals surface area contributed by atoms with Crippen molar-refractivity contribution in [2.24, 2.45) is 5.73 Å². The van der Waals surface area contributed by atoms with E-state index in [1.165, 1.54) is 0 Å². The first-order valence-corrected chi connectivity index (χ1v) is 6.28. The standard InChI is InChI=1S/C12H15N5O2.2ClH/c13-4-1-5-17-11-8(10(16-17)12(18)19)3-2-7-6-14-15-9(7)11;;/h6H,1-5,13H2,(H,14,15)(H,18,19);2*1H. The van der Waals surface area contributed by atoms with E-state index in [0.717, 1.165) is 35.4 Å². The minimum Gasteiger partial charge on any atom is -0.476 e. The van der Waals surface area contributed by atoms with Crippen molar-refractivity contribution in [1.29, 1.82) is 0 Å². The Bertz CT molecular complexity index is 638. The van der Waals surface area contributed by atoms with Gasteiger partial charge in [0.05, 0.1) is 17.6 Å². The number of nitrogens with two attached hydrogens (primary N) is 1. The number of rotatable bonds is 4. The van der Waals surface area contributed by atoms with Gasteiger partial charge < -0.3 is 10.8 Å². The molecule has 0 bridgehead atoms. The van der Waals surface area contributed by atoms with Crippen LogP contribution in [0.15, 0.2) is 6.20 Å². The van der Waals surface area contributed by atoms with Gasteiger partial charge in [-0.3, -0.25) is 9.78 Å². The molecule has 4 N–H and O–H groups in total. The lowest BCUT2D eigenvalue weighted by molar-refractivity contribution is 0.0688. The molecule has 7 nitrogen and oxygen atoms in total. The first kappa shape index (κ1) is 17.5. The first-order valence-electron chi connectivity index (χ1n) is 6.28. The molecular weight excluding hydrogens is 317 g/mol. The molecule has 0 saturated heterocycles. The second kappa shape index (κ2) is 6.93. The summed E-state index contributed by atoms with van der Waals surface area (Å²) in [5, 5.41) is 20.5. The Morgan fingerprint density at radius 1 is 1.43 bits per heavy atom. The van der Waals surface area contributed by atoms with Crippen LogP contribution in [0.4, 0.5) is 0 Å². The molecule has 0 spiro atoms. The smallest absolute Gasteiger partial charge is 0.356 e. The van der Waals surface area contributed by atoms with Crippen LogP contribution < -0.4 is 5.73 Å². The fourth-order valence-corrected chi connectivity index (χ4v) is 2.56. The number of hydrogen-bond acceptors (Lipinski definition) is 4. The molecule has 0 unspecified atom stereocenters. The van der Waals surface area contributed by atoms with Crippen molar-refractivity contribution >= 4 is 30.8 Å². The zero-order chi connectivity index (χ0) is 13.4. The number of carbonyl (C=O) groups is 1. The summed E-state index contributed by atoms with van der Waals surface area (Å²) in [4.78, 5) is 11.3. The second-order valence-electron chi connectivity index (χ2n) is 4.62. The molecule has 2 aromatic rings. The van der Waals surface area contributed by atoms with Gasteiger partial charge >= 0.3 is 5.97 Å². The molecule has 1 aliphatic carbocycles. The maximum Gasteiger partial charge on any atom is 0.356 e. The first-order chi connectivity index (χ1) is 9.22. The minimum absolute atomic E-state index is 0. The molecule has 9 heteroatoms. The number of carboxylic acid groups (broad SMARTS) is 1. The van der Waals surface area contributed by atoms with E-state index in [4.69, 9.17) is 5.73 Å². The molecule has 0 aliphatic heterocycles. The van der Waals surface area contributed by atoms with E-state index in [9.17, 15) is 9.90 Å². The van der Waals surface area contributed by atoms with E-state index < -0.39 is 5.97 Å². The van der Waals surface area contributed by atoms with Crippen LogP contribution in [0.5, 0.6) is 0 Å². The van der Waals surface area contributed by atoms with Crippen LogP contribution in [-0.4, -0.2) is 37.6 Å². The molecule has 3 rings (SSSR count). The zero-order valence-corrected chi connectivity index (χ0v) is 12.8. The Morgan fingerprint density at radius 3 is 2.86 bits per heavy atom. The molecule has 2 heterocycles. The number of H-pyrrole nitrogens is 1. The number of nitrogens with zero attached hydrogens (tertiary/aromatic N) is 3. The lowest BCUT2D eigenvalue weighted by Crippen LogP contribution is -2.10. The average Bonchev–Trinajstić information content (AvgIpc) is 2.99. The van der Waals surface area contributed by atoms with Gasteiger partial charge in [0, 0.05) is 12.1 Å². The van der Waals surface area contributed by atoms with Crippen LogP contribution in [0.2, 0.25) is 0 Å². The molecule has 0 fully saturated rings. The summed E-state index contributed by atoms with van der Waals surface area (Å²) in [7, 11) is 0. The van der Waals surface area contributed by atoms with E-state index in [2.05, 4.69) is 15.3 Å². The Kier molecular flexibility index (Phi) is 5.77. The molecule has 2 aromatic heterocycles. The fraction of sp³-hybridized carbons (Fsp3) is 0.417. The molecular formula is C12H17Cl2N5O2. The van der Waals surface area contributed by atoms with Gasteiger partial charge in [-0.25, -0.2) is 4.79 Å². The quantitative estimate of drug-likeness (QED) is 0.780. The highest BCUT2D eigenvalue weighted by Gasteiger charge is 2.28. The number of nitrogens with one attached hydrogen (secondary N) is 1. The third-order valence-electron chi connectivity index (χ3n) is 3.43. The van der Waals surface area contributed by atoms with Crippen molar-refractivity contribution < 1.29 is 9.90 Å². The van der Waals surface area contributed by atoms with Gasteiger partial charge in [0.1, 0.15) is 0 Å². The van der Waals surface area contributed by atoms with E-state index >= 15 is 0 Å². The number of aromatic carboxylic acids is 1. The van der Waals surface area contributed by atoms with Gasteiger partial charge in [-0.1, -0.05) is 0 Å². The largest absolute Gasteiger partial charge is 0.476 e. The van der Waals surface area contributed by atoms with Crippen LogP contribution in [0.25, 0.3) is 11.4 Å². The van der Waals surface area contributed by atoms with E-state index in [1.54, 1.807) is 10.9 Å². The summed E-state index contributed by atoms with van der Waals surface area (Å²) in [6.07, 6.45) is 4.03. The summed E-state index contributed by atoms with van der Waals surface area (Å²) in [5.74, 6) is -0.981. The number of aromatic nitrogens is 4. The average molecular weight is 334 g/mol. The molecule has 0 aromatic carbocycles. The van der Waals surface area contributed by atoms with Gasteiger partial charge in [-0.2, -0.15) is 10.2 Å². The Hall–Kier alpha value is -1.57. The Balaban J connectivity index is 0.00000110. The number of halogens is 2. The van der Waals surface area contributed by atoms with Gasteiger partial charge in [0.2, 0.25) is 0 Å². The van der Waals surface area contributed by atoms with Crippen molar-refractivity contribution in [3.05, 3.63) is 23.0 Å². The normalized spacial score (nSPS) is 11.9. The number of aryl methyl sites for hydroxylation is 2. The van der Waals surface area contributed by atoms with Crippen LogP contribution in [0.1, 0.15) is 28.0 Å². The third-order valence-corrected chi connectivity index (χ3v) is 3.43. The molecule has 0 amide bonds. The zero-order valence-electron chi connectivity index (χ0n) is 11.2. The van der Waals surface area contributed by atoms with Crippen molar-refractivity contribution in [1.82, 2.24) is 20.0 Å². The number of carboxylic acids is 1. The van der Waals surface area contributed by atoms with Crippen LogP contribution >= 0.6 is 24.8 Å². The highest BCUT2D eigenvalue weighted by molar-refractivity contribution is 5.90. The third kappa shape index (κ3) is 2.90. The predicted molar refractivity (Wildman–Crippen MR) is 82.3 cm³/mol. The summed E-state index contributed by atoms with van der Waals surface area (Å²) in [6.45, 7) is 1.16. The highest BCUT2D eigenvalue weighted by atomic mass is 35.5. The van der Waals surface area contributed by atoms with Crippen molar-refractivity contribution in [2.45, 2.75) is 25.8 Å². The van der Waals surface area contributed by atoms with Crippen LogP contribution in [-0.2, 0) is 19.4 Å². The number of fused-ring (bicyclic) bond motifs is 3. The number of aromatic amines is 1. The van der Waals surface area contributed by atoms with Crippen LogP contribution in [0, 0.1) is 0 Å². The summed E-state index contributed by atoms with van der Waals surface area (Å²) < 4.78 is 1.74. The highest BCUT2D eigenvalue weighted by Crippen LogP contribution is 2.33. The maximum atomic E-state index is 11.3. The van der Waals surface area contributed by atoms with Gasteiger partial charge in [-0.15, -0.1) is 24.8 Å². The second-order valence-corrected chi connectivity index (χ2v) is 4.62. The molecule has 1 aliphatic rings. The van der Waals surface area contributed by atoms with E-state index in [-0.39, 0.29) is 30.5 Å². The Morgan fingerprint density at radius 2 is 2.19 bits per heavy atom. The van der Waals surface area contributed by atoms with Gasteiger partial charge in [0.25, 0.3) is 0 Å². The van der Waals surface area contributed by atoms with Crippen LogP contribution in [0.3, 0.4) is 0 Å². The molecule has 21 heavy (non-hydrogen) atoms. The number of hydrogen-bond donors (Lipinski definition) is 3. The van der Waals surface area contributed by atoms with Gasteiger partial charge in [0.15, 0.2) is 5.69 Å². The summed E-state index contributed by atoms with van der Waals surface area (Å²) in [6, 6.07) is 0. The molecule has 116 valence electrons. The van der Waals surface area contributed by atoms with Crippen molar-refractivity contribution in [2.75, 3.05) is 6.54 Å². The molecule has 0 radical (unpaired) electrons. The topological polar surface area (TPSA) is 110 Å². The van der Waals surface area contributed by atoms with Gasteiger partial charge in [-0.05, 0) is 31.4 Å². The SMILES string of the molecule is Cl.Cl.NCCCn1nc(C(=O)O)c2c1-c1[nH]ncc1CC2. The fourth-order valence-electron chi connectivity index (χ4n) is 2.56. The van der Waals surface area contributed by atoms with Crippen molar-refractivity contribution in [3.63, 3.8) is 0 Å². The maximum absolute atomic E-state index is 11.3. The minimum atomic E-state index is -0.981.